The van der Waals surface area contributed by atoms with Crippen molar-refractivity contribution in [1.29, 1.82) is 0 Å². The maximum Gasteiger partial charge on any atom is 1.00 e. The Hall–Kier alpha value is 1.64. The molecular weight excluding hydrogens is 294 g/mol. The van der Waals surface area contributed by atoms with Gasteiger partial charge in [0.15, 0.2) is 0 Å². The third kappa shape index (κ3) is 6.83. The molecule has 0 aliphatic rings. The van der Waals surface area contributed by atoms with Crippen LogP contribution in [0, 0.1) is 0 Å². The van der Waals surface area contributed by atoms with Gasteiger partial charge in [-0.3, -0.25) is 0 Å². The molecule has 78 valence electrons. The van der Waals surface area contributed by atoms with E-state index in [1.165, 1.54) is 18.2 Å². The molecule has 0 heterocycles. The van der Waals surface area contributed by atoms with Crippen LogP contribution >= 0.6 is 35.0 Å². The summed E-state index contributed by atoms with van der Waals surface area (Å²) < 4.78 is 35.7. The minimum Gasteiger partial charge on any atom is -0.448 e. The second-order valence-electron chi connectivity index (χ2n) is 2.60. The number of benzene rings is 1. The standard InChI is InChI=1S/C7H5BCl2F3S.K/c9-6-2-1-5(3-7(6)10)14-4-8(11,12)13;/h1-3H,4H2;/q-1;+1. The van der Waals surface area contributed by atoms with Gasteiger partial charge in [0.05, 0.1) is 10.0 Å². The van der Waals surface area contributed by atoms with Crippen molar-refractivity contribution < 1.29 is 64.3 Å². The molecule has 0 amide bonds. The number of rotatable bonds is 3. The fraction of sp³-hybridized carbons (Fsp3) is 0.143. The van der Waals surface area contributed by atoms with Crippen molar-refractivity contribution >= 4 is 41.9 Å². The van der Waals surface area contributed by atoms with Gasteiger partial charge in [0.25, 0.3) is 0 Å². The largest absolute Gasteiger partial charge is 1.00 e. The Kier molecular flexibility index (Phi) is 7.94. The van der Waals surface area contributed by atoms with Crippen LogP contribution in [-0.4, -0.2) is 12.6 Å². The third-order valence-corrected chi connectivity index (χ3v) is 3.20. The van der Waals surface area contributed by atoms with Crippen LogP contribution in [0.5, 0.6) is 0 Å². The minimum atomic E-state index is -4.76. The quantitative estimate of drug-likeness (QED) is 0.602. The van der Waals surface area contributed by atoms with Crippen molar-refractivity contribution in [1.82, 2.24) is 0 Å². The average molecular weight is 299 g/mol. The molecule has 0 saturated heterocycles. The van der Waals surface area contributed by atoms with Crippen LogP contribution < -0.4 is 51.4 Å². The second kappa shape index (κ2) is 7.16. The van der Waals surface area contributed by atoms with Gasteiger partial charge in [-0.1, -0.05) is 23.2 Å². The molecule has 0 bridgehead atoms. The molecule has 15 heavy (non-hydrogen) atoms. The Bertz CT molecular complexity index is 335. The molecule has 1 aromatic carbocycles. The summed E-state index contributed by atoms with van der Waals surface area (Å²) in [6.45, 7) is -4.76. The molecule has 1 rings (SSSR count). The number of hydrogen-bond donors (Lipinski definition) is 0. The van der Waals surface area contributed by atoms with Crippen molar-refractivity contribution in [3.05, 3.63) is 28.2 Å². The molecule has 0 saturated carbocycles. The first kappa shape index (κ1) is 16.6. The fourth-order valence-electron chi connectivity index (χ4n) is 0.757. The van der Waals surface area contributed by atoms with E-state index in [2.05, 4.69) is 0 Å². The summed E-state index contributed by atoms with van der Waals surface area (Å²) in [5, 5.41) is 0.611. The smallest absolute Gasteiger partial charge is 0.448 e. The number of hydrogen-bond acceptors (Lipinski definition) is 1. The summed E-state index contributed by atoms with van der Waals surface area (Å²) in [6, 6.07) is 4.42. The van der Waals surface area contributed by atoms with Crippen LogP contribution in [0.2, 0.25) is 10.0 Å². The first-order chi connectivity index (χ1) is 6.38. The Balaban J connectivity index is 0.00000196. The monoisotopic (exact) mass is 298 g/mol. The SMILES string of the molecule is F[B-](F)(F)CSc1ccc(Cl)c(Cl)c1.[K+]. The topological polar surface area (TPSA) is 0 Å². The Morgan fingerprint density at radius 3 is 2.20 bits per heavy atom. The van der Waals surface area contributed by atoms with Crippen molar-refractivity contribution in [2.24, 2.45) is 0 Å². The summed E-state index contributed by atoms with van der Waals surface area (Å²) in [4.78, 5) is 0.471. The van der Waals surface area contributed by atoms with Gasteiger partial charge in [-0.05, 0) is 23.9 Å². The summed E-state index contributed by atoms with van der Waals surface area (Å²) in [5.41, 5.74) is -0.863. The maximum atomic E-state index is 11.9. The molecule has 0 atom stereocenters. The molecule has 0 aromatic heterocycles. The van der Waals surface area contributed by atoms with Crippen LogP contribution in [0.1, 0.15) is 0 Å². The average Bonchev–Trinajstić information content (AvgIpc) is 2.06. The van der Waals surface area contributed by atoms with E-state index in [0.29, 0.717) is 21.7 Å². The summed E-state index contributed by atoms with van der Waals surface area (Å²) in [7, 11) is 0. The molecule has 0 fully saturated rings. The van der Waals surface area contributed by atoms with E-state index in [-0.39, 0.29) is 56.4 Å². The summed E-state index contributed by atoms with van der Waals surface area (Å²) in [5.74, 6) is 0. The first-order valence-electron chi connectivity index (χ1n) is 3.67. The van der Waals surface area contributed by atoms with Gasteiger partial charge in [-0.25, -0.2) is 0 Å². The zero-order chi connectivity index (χ0) is 10.8. The summed E-state index contributed by atoms with van der Waals surface area (Å²) >= 11 is 12.0. The van der Waals surface area contributed by atoms with Crippen LogP contribution in [0.3, 0.4) is 0 Å². The van der Waals surface area contributed by atoms with Crippen LogP contribution in [0.15, 0.2) is 23.1 Å². The first-order valence-corrected chi connectivity index (χ1v) is 5.41. The Morgan fingerprint density at radius 2 is 1.73 bits per heavy atom. The van der Waals surface area contributed by atoms with Crippen molar-refractivity contribution in [3.8, 4) is 0 Å². The number of thioether (sulfide) groups is 1. The molecule has 0 radical (unpaired) electrons. The molecule has 0 aliphatic heterocycles. The zero-order valence-electron chi connectivity index (χ0n) is 7.81. The molecule has 0 nitrogen and oxygen atoms in total. The van der Waals surface area contributed by atoms with Gasteiger partial charge in [0.2, 0.25) is 0 Å². The predicted octanol–water partition coefficient (Wildman–Crippen LogP) is 1.48. The van der Waals surface area contributed by atoms with Crippen molar-refractivity contribution in [2.75, 3.05) is 5.65 Å². The van der Waals surface area contributed by atoms with E-state index >= 15 is 0 Å². The van der Waals surface area contributed by atoms with E-state index in [1.54, 1.807) is 0 Å². The molecule has 8 heteroatoms. The van der Waals surface area contributed by atoms with E-state index in [1.807, 2.05) is 0 Å². The third-order valence-electron chi connectivity index (χ3n) is 1.33. The van der Waals surface area contributed by atoms with Crippen LogP contribution in [0.25, 0.3) is 0 Å². The van der Waals surface area contributed by atoms with Crippen molar-refractivity contribution in [3.63, 3.8) is 0 Å². The molecular formula is C7H5BCl2F3KS. The van der Waals surface area contributed by atoms with Crippen LogP contribution in [0.4, 0.5) is 12.9 Å². The molecule has 0 N–H and O–H groups in total. The van der Waals surface area contributed by atoms with Crippen molar-refractivity contribution in [2.45, 2.75) is 4.90 Å². The predicted molar refractivity (Wildman–Crippen MR) is 56.3 cm³/mol. The van der Waals surface area contributed by atoms with E-state index in [4.69, 9.17) is 23.2 Å². The fourth-order valence-corrected chi connectivity index (χ4v) is 1.87. The zero-order valence-corrected chi connectivity index (χ0v) is 13.3. The van der Waals surface area contributed by atoms with Gasteiger partial charge < -0.3 is 12.9 Å². The summed E-state index contributed by atoms with van der Waals surface area (Å²) in [6.07, 6.45) is 0. The van der Waals surface area contributed by atoms with E-state index in [9.17, 15) is 12.9 Å². The van der Waals surface area contributed by atoms with E-state index < -0.39 is 12.6 Å². The van der Waals surface area contributed by atoms with Gasteiger partial charge in [0.1, 0.15) is 0 Å². The molecule has 1 aromatic rings. The van der Waals surface area contributed by atoms with Gasteiger partial charge in [-0.2, -0.15) is 11.8 Å². The van der Waals surface area contributed by atoms with Gasteiger partial charge >= 0.3 is 58.4 Å². The van der Waals surface area contributed by atoms with Gasteiger partial charge in [0, 0.05) is 4.90 Å². The second-order valence-corrected chi connectivity index (χ2v) is 4.51. The van der Waals surface area contributed by atoms with Crippen LogP contribution in [-0.2, 0) is 0 Å². The van der Waals surface area contributed by atoms with E-state index in [0.717, 1.165) is 0 Å². The molecule has 0 unspecified atom stereocenters. The minimum absolute atomic E-state index is 0. The Morgan fingerprint density at radius 1 is 1.13 bits per heavy atom. The maximum absolute atomic E-state index is 11.9. The molecule has 0 spiro atoms. The number of halogens is 5. The van der Waals surface area contributed by atoms with Gasteiger partial charge in [-0.15, -0.1) is 0 Å². The molecule has 0 aliphatic carbocycles. The Labute approximate surface area is 143 Å². The normalized spacial score (nSPS) is 11.0.